The van der Waals surface area contributed by atoms with Crippen LogP contribution in [0, 0.1) is 0 Å². The van der Waals surface area contributed by atoms with Gasteiger partial charge < -0.3 is 4.90 Å². The van der Waals surface area contributed by atoms with Gasteiger partial charge in [-0.2, -0.15) is 4.31 Å². The summed E-state index contributed by atoms with van der Waals surface area (Å²) in [5.41, 5.74) is 3.08. The number of nitrogens with zero attached hydrogens (tertiary/aromatic N) is 2. The highest BCUT2D eigenvalue weighted by molar-refractivity contribution is 7.92. The zero-order chi connectivity index (χ0) is 23.5. The van der Waals surface area contributed by atoms with Crippen molar-refractivity contribution in [1.29, 1.82) is 0 Å². The van der Waals surface area contributed by atoms with Gasteiger partial charge >= 0.3 is 0 Å². The lowest BCUT2D eigenvalue weighted by Crippen LogP contribution is -2.50. The number of carbonyl (C=O) groups excluding carboxylic acids is 1. The van der Waals surface area contributed by atoms with E-state index >= 15 is 0 Å². The van der Waals surface area contributed by atoms with E-state index in [0.717, 1.165) is 30.4 Å². The summed E-state index contributed by atoms with van der Waals surface area (Å²) in [5.74, 6) is -0.514. The van der Waals surface area contributed by atoms with E-state index in [1.54, 1.807) is 23.1 Å². The van der Waals surface area contributed by atoms with Gasteiger partial charge in [0.15, 0.2) is 9.84 Å². The maximum Gasteiger partial charge on any atom is 0.236 e. The molecule has 33 heavy (non-hydrogen) atoms. The molecule has 0 saturated carbocycles. The first-order valence-electron chi connectivity index (χ1n) is 11.1. The van der Waals surface area contributed by atoms with Gasteiger partial charge in [0, 0.05) is 38.0 Å². The van der Waals surface area contributed by atoms with E-state index in [1.807, 2.05) is 36.4 Å². The number of sulfonamides is 1. The molecule has 1 fully saturated rings. The fourth-order valence-corrected chi connectivity index (χ4v) is 6.70. The Hall–Kier alpha value is -2.49. The summed E-state index contributed by atoms with van der Waals surface area (Å²) in [6.45, 7) is 0.863. The summed E-state index contributed by atoms with van der Waals surface area (Å²) < 4.78 is 52.0. The van der Waals surface area contributed by atoms with Gasteiger partial charge in [-0.25, -0.2) is 16.8 Å². The second kappa shape index (κ2) is 9.79. The minimum absolute atomic E-state index is 0.111. The zero-order valence-corrected chi connectivity index (χ0v) is 20.0. The normalized spacial score (nSPS) is 17.4. The maximum atomic E-state index is 12.7. The number of rotatable bonds is 7. The van der Waals surface area contributed by atoms with Crippen LogP contribution in [0.3, 0.4) is 0 Å². The lowest BCUT2D eigenvalue weighted by Gasteiger charge is -2.33. The fraction of sp³-hybridized carbons (Fsp3) is 0.375. The Bertz CT molecular complexity index is 1250. The van der Waals surface area contributed by atoms with Crippen molar-refractivity contribution >= 4 is 31.8 Å². The topological polar surface area (TPSA) is 91.8 Å². The second-order valence-corrected chi connectivity index (χ2v) is 12.3. The van der Waals surface area contributed by atoms with Crippen LogP contribution in [0.4, 0.5) is 0 Å². The Labute approximate surface area is 195 Å². The maximum absolute atomic E-state index is 12.7. The number of benzene rings is 2. The number of amides is 1. The average molecular weight is 489 g/mol. The van der Waals surface area contributed by atoms with Crippen LogP contribution in [0.1, 0.15) is 29.5 Å². The van der Waals surface area contributed by atoms with Gasteiger partial charge in [-0.15, -0.1) is 0 Å². The highest BCUT2D eigenvalue weighted by Gasteiger charge is 2.28. The standard InChI is InChI=1S/C24H28N2O5S2/c27-24(12-17-32(28,29)23-10-9-21-7-4-8-22(21)19-23)25-13-15-26(16-14-25)33(30,31)18-11-20-5-2-1-3-6-20/h1-3,5-6,9-11,18-19H,4,7-8,12-17H2/b18-11+. The minimum atomic E-state index is -3.59. The molecule has 0 unspecified atom stereocenters. The van der Waals surface area contributed by atoms with Gasteiger partial charge in [0.05, 0.1) is 10.6 Å². The molecule has 1 saturated heterocycles. The van der Waals surface area contributed by atoms with Crippen LogP contribution in [0.2, 0.25) is 0 Å². The summed E-state index contributed by atoms with van der Waals surface area (Å²) >= 11 is 0. The molecule has 0 atom stereocenters. The first-order chi connectivity index (χ1) is 15.7. The summed E-state index contributed by atoms with van der Waals surface area (Å²) in [6, 6.07) is 14.4. The van der Waals surface area contributed by atoms with Crippen LogP contribution in [-0.4, -0.2) is 63.9 Å². The molecule has 1 heterocycles. The average Bonchev–Trinajstić information content (AvgIpc) is 3.30. The van der Waals surface area contributed by atoms with Crippen molar-refractivity contribution < 1.29 is 21.6 Å². The van der Waals surface area contributed by atoms with Gasteiger partial charge in [-0.1, -0.05) is 36.4 Å². The van der Waals surface area contributed by atoms with E-state index in [2.05, 4.69) is 0 Å². The molecule has 1 aliphatic heterocycles. The SMILES string of the molecule is O=C(CCS(=O)(=O)c1ccc2c(c1)CCC2)N1CCN(S(=O)(=O)/C=C/c2ccccc2)CC1. The van der Waals surface area contributed by atoms with E-state index in [4.69, 9.17) is 0 Å². The van der Waals surface area contributed by atoms with Crippen molar-refractivity contribution in [3.63, 3.8) is 0 Å². The van der Waals surface area contributed by atoms with Gasteiger partial charge in [-0.05, 0) is 54.2 Å². The van der Waals surface area contributed by atoms with Crippen molar-refractivity contribution in [1.82, 2.24) is 9.21 Å². The molecule has 9 heteroatoms. The molecule has 176 valence electrons. The summed E-state index contributed by atoms with van der Waals surface area (Å²) in [4.78, 5) is 14.4. The van der Waals surface area contributed by atoms with Crippen molar-refractivity contribution in [3.8, 4) is 0 Å². The Morgan fingerprint density at radius 2 is 1.58 bits per heavy atom. The molecule has 0 bridgehead atoms. The first-order valence-corrected chi connectivity index (χ1v) is 14.3. The number of fused-ring (bicyclic) bond motifs is 1. The number of hydrogen-bond acceptors (Lipinski definition) is 5. The fourth-order valence-electron chi connectivity index (χ4n) is 4.25. The number of carbonyl (C=O) groups is 1. The Morgan fingerprint density at radius 1 is 0.879 bits per heavy atom. The molecule has 1 aliphatic carbocycles. The predicted octanol–water partition coefficient (Wildman–Crippen LogP) is 2.48. The lowest BCUT2D eigenvalue weighted by molar-refractivity contribution is -0.131. The Morgan fingerprint density at radius 3 is 2.30 bits per heavy atom. The molecule has 4 rings (SSSR count). The van der Waals surface area contributed by atoms with Crippen molar-refractivity contribution in [2.45, 2.75) is 30.6 Å². The molecule has 0 N–H and O–H groups in total. The molecule has 2 aliphatic rings. The molecular formula is C24H28N2O5S2. The number of hydrogen-bond donors (Lipinski definition) is 0. The van der Waals surface area contributed by atoms with E-state index < -0.39 is 19.9 Å². The van der Waals surface area contributed by atoms with Crippen molar-refractivity contribution in [3.05, 3.63) is 70.6 Å². The van der Waals surface area contributed by atoms with Crippen LogP contribution >= 0.6 is 0 Å². The smallest absolute Gasteiger partial charge is 0.236 e. The van der Waals surface area contributed by atoms with Gasteiger partial charge in [0.2, 0.25) is 15.9 Å². The van der Waals surface area contributed by atoms with Gasteiger partial charge in [-0.3, -0.25) is 4.79 Å². The highest BCUT2D eigenvalue weighted by Crippen LogP contribution is 2.25. The molecule has 0 aromatic heterocycles. The highest BCUT2D eigenvalue weighted by atomic mass is 32.2. The molecular weight excluding hydrogens is 460 g/mol. The molecule has 7 nitrogen and oxygen atoms in total. The largest absolute Gasteiger partial charge is 0.340 e. The van der Waals surface area contributed by atoms with Gasteiger partial charge in [0.1, 0.15) is 0 Å². The summed E-state index contributed by atoms with van der Waals surface area (Å²) in [7, 11) is -7.13. The third kappa shape index (κ3) is 5.72. The van der Waals surface area contributed by atoms with Crippen LogP contribution in [0.15, 0.2) is 58.8 Å². The molecule has 0 spiro atoms. The third-order valence-corrected chi connectivity index (χ3v) is 9.48. The van der Waals surface area contributed by atoms with Crippen molar-refractivity contribution in [2.75, 3.05) is 31.9 Å². The first kappa shape index (κ1) is 23.7. The van der Waals surface area contributed by atoms with E-state index in [-0.39, 0.29) is 49.2 Å². The molecule has 1 amide bonds. The molecule has 2 aromatic carbocycles. The zero-order valence-electron chi connectivity index (χ0n) is 18.4. The summed E-state index contributed by atoms with van der Waals surface area (Å²) in [5, 5.41) is 1.18. The quantitative estimate of drug-likeness (QED) is 0.597. The predicted molar refractivity (Wildman–Crippen MR) is 128 cm³/mol. The van der Waals surface area contributed by atoms with E-state index in [9.17, 15) is 21.6 Å². The molecule has 0 radical (unpaired) electrons. The summed E-state index contributed by atoms with van der Waals surface area (Å²) in [6.07, 6.45) is 4.36. The van der Waals surface area contributed by atoms with Crippen LogP contribution < -0.4 is 0 Å². The third-order valence-electron chi connectivity index (χ3n) is 6.20. The van der Waals surface area contributed by atoms with Crippen LogP contribution in [0.25, 0.3) is 6.08 Å². The lowest BCUT2D eigenvalue weighted by atomic mass is 10.1. The number of aryl methyl sites for hydroxylation is 2. The van der Waals surface area contributed by atoms with Crippen molar-refractivity contribution in [2.24, 2.45) is 0 Å². The van der Waals surface area contributed by atoms with E-state index in [1.165, 1.54) is 15.3 Å². The molecule has 2 aromatic rings. The van der Waals surface area contributed by atoms with Gasteiger partial charge in [0.25, 0.3) is 0 Å². The minimum Gasteiger partial charge on any atom is -0.340 e. The monoisotopic (exact) mass is 488 g/mol. The Balaban J connectivity index is 1.30. The number of piperazine rings is 1. The second-order valence-electron chi connectivity index (χ2n) is 8.39. The van der Waals surface area contributed by atoms with Crippen LogP contribution in [0.5, 0.6) is 0 Å². The Kier molecular flexibility index (Phi) is 7.02. The van der Waals surface area contributed by atoms with E-state index in [0.29, 0.717) is 0 Å². The number of sulfone groups is 1. The van der Waals surface area contributed by atoms with Crippen LogP contribution in [-0.2, 0) is 37.5 Å².